The summed E-state index contributed by atoms with van der Waals surface area (Å²) in [6, 6.07) is 8.92. The summed E-state index contributed by atoms with van der Waals surface area (Å²) in [5, 5.41) is 0.824. The van der Waals surface area contributed by atoms with E-state index in [1.807, 2.05) is 12.1 Å². The normalized spacial score (nSPS) is 21.9. The average molecular weight is 334 g/mol. The molecule has 0 N–H and O–H groups in total. The second-order valence-corrected chi connectivity index (χ2v) is 7.75. The number of hydrogen-bond donors (Lipinski definition) is 0. The topological polar surface area (TPSA) is 68.7 Å². The van der Waals surface area contributed by atoms with E-state index in [1.165, 1.54) is 4.31 Å². The largest absolute Gasteiger partial charge is 0.347 e. The third-order valence-electron chi connectivity index (χ3n) is 4.51. The van der Waals surface area contributed by atoms with Crippen molar-refractivity contribution < 1.29 is 17.9 Å². The number of benzene rings is 1. The Bertz CT molecular complexity index is 816. The molecule has 1 aromatic carbocycles. The van der Waals surface area contributed by atoms with Crippen LogP contribution in [0.5, 0.6) is 0 Å². The SMILES string of the molecule is O=S(=O)(c1cccc2cccnc12)N1CCC2(CC1)OCCO2. The van der Waals surface area contributed by atoms with Crippen LogP contribution < -0.4 is 0 Å². The Morgan fingerprint density at radius 3 is 2.48 bits per heavy atom. The van der Waals surface area contributed by atoms with Crippen LogP contribution in [0.25, 0.3) is 10.9 Å². The van der Waals surface area contributed by atoms with Crippen molar-refractivity contribution in [2.24, 2.45) is 0 Å². The highest BCUT2D eigenvalue weighted by Gasteiger charge is 2.42. The van der Waals surface area contributed by atoms with Gasteiger partial charge in [-0.1, -0.05) is 18.2 Å². The van der Waals surface area contributed by atoms with Gasteiger partial charge in [0.25, 0.3) is 0 Å². The van der Waals surface area contributed by atoms with Crippen molar-refractivity contribution in [1.82, 2.24) is 9.29 Å². The van der Waals surface area contributed by atoms with Gasteiger partial charge in [-0.25, -0.2) is 8.42 Å². The molecule has 0 radical (unpaired) electrons. The summed E-state index contributed by atoms with van der Waals surface area (Å²) in [5.41, 5.74) is 0.517. The molecular weight excluding hydrogens is 316 g/mol. The fourth-order valence-corrected chi connectivity index (χ4v) is 4.88. The summed E-state index contributed by atoms with van der Waals surface area (Å²) in [5.74, 6) is -0.580. The second kappa shape index (κ2) is 5.52. The molecule has 1 spiro atoms. The fraction of sp³-hybridized carbons (Fsp3) is 0.438. The number of ether oxygens (including phenoxy) is 2. The van der Waals surface area contributed by atoms with Crippen molar-refractivity contribution in [3.05, 3.63) is 36.5 Å². The molecule has 0 amide bonds. The zero-order valence-corrected chi connectivity index (χ0v) is 13.5. The molecule has 122 valence electrons. The van der Waals surface area contributed by atoms with E-state index in [0.29, 0.717) is 44.7 Å². The Morgan fingerprint density at radius 1 is 1.04 bits per heavy atom. The third-order valence-corrected chi connectivity index (χ3v) is 6.44. The molecule has 2 aliphatic rings. The summed E-state index contributed by atoms with van der Waals surface area (Å²) < 4.78 is 38.8. The van der Waals surface area contributed by atoms with E-state index in [9.17, 15) is 8.42 Å². The number of rotatable bonds is 2. The quantitative estimate of drug-likeness (QED) is 0.837. The van der Waals surface area contributed by atoms with E-state index in [2.05, 4.69) is 4.98 Å². The average Bonchev–Trinajstić information content (AvgIpc) is 3.03. The second-order valence-electron chi connectivity index (χ2n) is 5.84. The molecule has 2 aromatic rings. The summed E-state index contributed by atoms with van der Waals surface area (Å²) in [7, 11) is -3.58. The molecule has 0 saturated carbocycles. The number of para-hydroxylation sites is 1. The van der Waals surface area contributed by atoms with Gasteiger partial charge in [-0.2, -0.15) is 4.31 Å². The van der Waals surface area contributed by atoms with E-state index in [4.69, 9.17) is 9.47 Å². The predicted molar refractivity (Wildman–Crippen MR) is 84.4 cm³/mol. The Morgan fingerprint density at radius 2 is 1.74 bits per heavy atom. The monoisotopic (exact) mass is 334 g/mol. The lowest BCUT2D eigenvalue weighted by Gasteiger charge is -2.36. The molecule has 1 aromatic heterocycles. The van der Waals surface area contributed by atoms with E-state index >= 15 is 0 Å². The molecular formula is C16H18N2O4S. The van der Waals surface area contributed by atoms with Crippen molar-refractivity contribution in [3.63, 3.8) is 0 Å². The lowest BCUT2D eigenvalue weighted by molar-refractivity contribution is -0.179. The Balaban J connectivity index is 1.65. The van der Waals surface area contributed by atoms with Crippen LogP contribution in [-0.4, -0.2) is 49.8 Å². The highest BCUT2D eigenvalue weighted by molar-refractivity contribution is 7.89. The van der Waals surface area contributed by atoms with Crippen molar-refractivity contribution in [3.8, 4) is 0 Å². The van der Waals surface area contributed by atoms with Crippen LogP contribution in [0.4, 0.5) is 0 Å². The molecule has 0 unspecified atom stereocenters. The summed E-state index contributed by atoms with van der Waals surface area (Å²) in [6.45, 7) is 1.96. The maximum atomic E-state index is 13.0. The molecule has 2 aliphatic heterocycles. The first-order valence-electron chi connectivity index (χ1n) is 7.73. The number of sulfonamides is 1. The molecule has 2 fully saturated rings. The van der Waals surface area contributed by atoms with Gasteiger partial charge in [0, 0.05) is 37.5 Å². The molecule has 2 saturated heterocycles. The maximum Gasteiger partial charge on any atom is 0.245 e. The van der Waals surface area contributed by atoms with E-state index in [-0.39, 0.29) is 4.90 Å². The lowest BCUT2D eigenvalue weighted by atomic mass is 10.1. The minimum atomic E-state index is -3.58. The van der Waals surface area contributed by atoms with Crippen LogP contribution in [0.2, 0.25) is 0 Å². The number of aromatic nitrogens is 1. The Hall–Kier alpha value is -1.54. The molecule has 3 heterocycles. The zero-order chi connectivity index (χ0) is 15.9. The number of nitrogens with zero attached hydrogens (tertiary/aromatic N) is 2. The molecule has 7 heteroatoms. The first kappa shape index (κ1) is 15.0. The summed E-state index contributed by atoms with van der Waals surface area (Å²) in [4.78, 5) is 4.52. The smallest absolute Gasteiger partial charge is 0.245 e. The zero-order valence-electron chi connectivity index (χ0n) is 12.6. The molecule has 23 heavy (non-hydrogen) atoms. The maximum absolute atomic E-state index is 13.0. The van der Waals surface area contributed by atoms with Crippen LogP contribution in [-0.2, 0) is 19.5 Å². The van der Waals surface area contributed by atoms with Crippen LogP contribution in [0.1, 0.15) is 12.8 Å². The van der Waals surface area contributed by atoms with Crippen LogP contribution >= 0.6 is 0 Å². The van der Waals surface area contributed by atoms with Gasteiger partial charge in [-0.15, -0.1) is 0 Å². The summed E-state index contributed by atoms with van der Waals surface area (Å²) >= 11 is 0. The lowest BCUT2D eigenvalue weighted by Crippen LogP contribution is -2.47. The highest BCUT2D eigenvalue weighted by atomic mass is 32.2. The Kier molecular flexibility index (Phi) is 3.60. The minimum Gasteiger partial charge on any atom is -0.347 e. The number of hydrogen-bond acceptors (Lipinski definition) is 5. The minimum absolute atomic E-state index is 0.264. The number of pyridine rings is 1. The molecule has 4 rings (SSSR count). The number of fused-ring (bicyclic) bond motifs is 1. The fourth-order valence-electron chi connectivity index (χ4n) is 3.28. The van der Waals surface area contributed by atoms with Crippen molar-refractivity contribution in [2.45, 2.75) is 23.5 Å². The summed E-state index contributed by atoms with van der Waals surface area (Å²) in [6.07, 6.45) is 2.74. The van der Waals surface area contributed by atoms with Crippen LogP contribution in [0.15, 0.2) is 41.4 Å². The predicted octanol–water partition coefficient (Wildman–Crippen LogP) is 1.76. The van der Waals surface area contributed by atoms with Gasteiger partial charge in [-0.3, -0.25) is 4.98 Å². The first-order chi connectivity index (χ1) is 11.1. The van der Waals surface area contributed by atoms with Crippen molar-refractivity contribution in [2.75, 3.05) is 26.3 Å². The van der Waals surface area contributed by atoms with Gasteiger partial charge in [0.2, 0.25) is 10.0 Å². The Labute approximate surface area is 135 Å². The molecule has 0 bridgehead atoms. The molecule has 0 atom stereocenters. The van der Waals surface area contributed by atoms with Gasteiger partial charge in [0.15, 0.2) is 5.79 Å². The van der Waals surface area contributed by atoms with Gasteiger partial charge in [-0.05, 0) is 12.1 Å². The van der Waals surface area contributed by atoms with Gasteiger partial charge in [0.05, 0.1) is 18.7 Å². The van der Waals surface area contributed by atoms with Gasteiger partial charge >= 0.3 is 0 Å². The van der Waals surface area contributed by atoms with Crippen LogP contribution in [0, 0.1) is 0 Å². The molecule has 6 nitrogen and oxygen atoms in total. The third kappa shape index (κ3) is 2.53. The molecule has 0 aliphatic carbocycles. The highest BCUT2D eigenvalue weighted by Crippen LogP contribution is 2.34. The first-order valence-corrected chi connectivity index (χ1v) is 9.17. The van der Waals surface area contributed by atoms with E-state index < -0.39 is 15.8 Å². The van der Waals surface area contributed by atoms with E-state index in [1.54, 1.807) is 24.4 Å². The number of piperidine rings is 1. The van der Waals surface area contributed by atoms with Gasteiger partial charge < -0.3 is 9.47 Å². The van der Waals surface area contributed by atoms with Crippen molar-refractivity contribution in [1.29, 1.82) is 0 Å². The van der Waals surface area contributed by atoms with Crippen LogP contribution in [0.3, 0.4) is 0 Å². The van der Waals surface area contributed by atoms with Crippen molar-refractivity contribution >= 4 is 20.9 Å². The van der Waals surface area contributed by atoms with E-state index in [0.717, 1.165) is 5.39 Å². The standard InChI is InChI=1S/C16H18N2O4S/c19-23(20,14-5-1-3-13-4-2-8-17-15(13)14)18-9-6-16(7-10-18)21-11-12-22-16/h1-5,8H,6-7,9-12H2. The van der Waals surface area contributed by atoms with Gasteiger partial charge in [0.1, 0.15) is 4.90 Å².